The predicted octanol–water partition coefficient (Wildman–Crippen LogP) is 5.41. The summed E-state index contributed by atoms with van der Waals surface area (Å²) >= 11 is 0. The molecule has 3 aromatic carbocycles. The first-order valence-electron chi connectivity index (χ1n) is 10.7. The first kappa shape index (κ1) is 20.8. The van der Waals surface area contributed by atoms with Gasteiger partial charge in [-0.2, -0.15) is 0 Å². The van der Waals surface area contributed by atoms with E-state index >= 15 is 0 Å². The fourth-order valence-corrected chi connectivity index (χ4v) is 6.42. The van der Waals surface area contributed by atoms with Gasteiger partial charge in [0.05, 0.1) is 6.04 Å². The van der Waals surface area contributed by atoms with E-state index in [1.807, 2.05) is 0 Å². The molecular weight excluding hydrogens is 385 g/mol. The van der Waals surface area contributed by atoms with Crippen molar-refractivity contribution in [2.75, 3.05) is 0 Å². The molecule has 0 spiro atoms. The summed E-state index contributed by atoms with van der Waals surface area (Å²) < 4.78 is 6.47. The van der Waals surface area contributed by atoms with E-state index in [-0.39, 0.29) is 11.6 Å². The van der Waals surface area contributed by atoms with Crippen LogP contribution in [0.3, 0.4) is 0 Å². The lowest BCUT2D eigenvalue weighted by atomic mass is 9.92. The molecule has 0 radical (unpaired) electrons. The van der Waals surface area contributed by atoms with Crippen molar-refractivity contribution in [1.82, 2.24) is 0 Å². The van der Waals surface area contributed by atoms with Crippen LogP contribution < -0.4 is 15.9 Å². The van der Waals surface area contributed by atoms with E-state index in [1.54, 1.807) is 0 Å². The zero-order valence-electron chi connectivity index (χ0n) is 18.2. The largest absolute Gasteiger partial charge is 0.469 e. The van der Waals surface area contributed by atoms with Crippen LogP contribution in [-0.2, 0) is 4.74 Å². The first-order valence-corrected chi connectivity index (χ1v) is 12.1. The van der Waals surface area contributed by atoms with Crippen LogP contribution in [0.5, 0.6) is 0 Å². The van der Waals surface area contributed by atoms with Gasteiger partial charge in [-0.3, -0.25) is 0 Å². The Kier molecular flexibility index (Phi) is 6.06. The lowest BCUT2D eigenvalue weighted by molar-refractivity contribution is 0.0897. The van der Waals surface area contributed by atoms with Crippen LogP contribution in [0.25, 0.3) is 0 Å². The van der Waals surface area contributed by atoms with E-state index in [4.69, 9.17) is 9.73 Å². The minimum atomic E-state index is -0.706. The third kappa shape index (κ3) is 4.35. The van der Waals surface area contributed by atoms with Crippen LogP contribution in [0.1, 0.15) is 39.7 Å². The van der Waals surface area contributed by atoms with E-state index in [0.29, 0.717) is 5.92 Å². The van der Waals surface area contributed by atoms with E-state index in [2.05, 4.69) is 113 Å². The second-order valence-electron chi connectivity index (χ2n) is 8.81. The first-order chi connectivity index (χ1) is 14.5. The summed E-state index contributed by atoms with van der Waals surface area (Å²) in [5, 5.41) is 3.97. The Morgan fingerprint density at radius 2 is 1.37 bits per heavy atom. The highest BCUT2D eigenvalue weighted by atomic mass is 31.1. The van der Waals surface area contributed by atoms with Crippen LogP contribution in [0.4, 0.5) is 0 Å². The smallest absolute Gasteiger partial charge is 0.217 e. The van der Waals surface area contributed by atoms with Gasteiger partial charge < -0.3 is 4.74 Å². The zero-order valence-corrected chi connectivity index (χ0v) is 19.1. The van der Waals surface area contributed by atoms with Gasteiger partial charge in [0.2, 0.25) is 5.90 Å². The molecule has 1 atom stereocenters. The maximum absolute atomic E-state index is 6.47. The topological polar surface area (TPSA) is 21.6 Å². The number of nitrogens with zero attached hydrogens (tertiary/aromatic N) is 1. The van der Waals surface area contributed by atoms with Gasteiger partial charge in [0.1, 0.15) is 5.60 Å². The molecule has 0 N–H and O–H groups in total. The average molecular weight is 416 g/mol. The molecule has 3 heteroatoms. The third-order valence-corrected chi connectivity index (χ3v) is 8.03. The Morgan fingerprint density at radius 3 is 1.93 bits per heavy atom. The minimum Gasteiger partial charge on any atom is -0.469 e. The highest BCUT2D eigenvalue weighted by molar-refractivity contribution is 7.80. The summed E-state index contributed by atoms with van der Waals surface area (Å²) in [6.45, 7) is 8.83. The van der Waals surface area contributed by atoms with Crippen molar-refractivity contribution in [3.63, 3.8) is 0 Å². The molecule has 4 rings (SSSR count). The number of rotatable bonds is 6. The lowest BCUT2D eigenvalue weighted by Crippen LogP contribution is -2.34. The van der Waals surface area contributed by atoms with Gasteiger partial charge >= 0.3 is 0 Å². The molecule has 3 aromatic rings. The van der Waals surface area contributed by atoms with Crippen LogP contribution >= 0.6 is 7.92 Å². The molecule has 0 saturated carbocycles. The lowest BCUT2D eigenvalue weighted by Gasteiger charge is -2.26. The molecule has 2 nitrogen and oxygen atoms in total. The van der Waals surface area contributed by atoms with E-state index in [0.717, 1.165) is 17.9 Å². The maximum Gasteiger partial charge on any atom is 0.217 e. The Morgan fingerprint density at radius 1 is 0.833 bits per heavy atom. The molecule has 154 valence electrons. The van der Waals surface area contributed by atoms with Crippen LogP contribution in [0, 0.1) is 5.92 Å². The van der Waals surface area contributed by atoms with E-state index in [1.165, 1.54) is 15.9 Å². The molecule has 1 aliphatic rings. The molecule has 30 heavy (non-hydrogen) atoms. The van der Waals surface area contributed by atoms with E-state index in [9.17, 15) is 0 Å². The molecule has 0 fully saturated rings. The summed E-state index contributed by atoms with van der Waals surface area (Å²) in [7, 11) is -0.706. The summed E-state index contributed by atoms with van der Waals surface area (Å²) in [6, 6.07) is 30.4. The molecule has 0 bridgehead atoms. The second-order valence-corrected chi connectivity index (χ2v) is 11.0. The molecule has 0 aromatic heterocycles. The summed E-state index contributed by atoms with van der Waals surface area (Å²) in [6.07, 6.45) is 1.03. The van der Waals surface area contributed by atoms with Gasteiger partial charge in [-0.1, -0.05) is 92.7 Å². The summed E-state index contributed by atoms with van der Waals surface area (Å²) in [4.78, 5) is 5.09. The van der Waals surface area contributed by atoms with Gasteiger partial charge in [-0.15, -0.1) is 0 Å². The van der Waals surface area contributed by atoms with Gasteiger partial charge in [-0.05, 0) is 56.1 Å². The zero-order chi connectivity index (χ0) is 21.1. The van der Waals surface area contributed by atoms with Crippen LogP contribution in [0.2, 0.25) is 0 Å². The fourth-order valence-electron chi connectivity index (χ4n) is 3.98. The normalized spacial score (nSPS) is 17.8. The Bertz CT molecular complexity index is 972. The molecular formula is C27H30NOP. The Hall–Kier alpha value is -2.44. The van der Waals surface area contributed by atoms with E-state index < -0.39 is 7.92 Å². The highest BCUT2D eigenvalue weighted by Gasteiger charge is 2.40. The van der Waals surface area contributed by atoms with Crippen molar-refractivity contribution in [2.45, 2.75) is 45.8 Å². The minimum absolute atomic E-state index is 0.181. The van der Waals surface area contributed by atoms with Gasteiger partial charge in [0, 0.05) is 5.56 Å². The molecule has 1 heterocycles. The predicted molar refractivity (Wildman–Crippen MR) is 130 cm³/mol. The van der Waals surface area contributed by atoms with Crippen molar-refractivity contribution in [3.8, 4) is 0 Å². The quantitative estimate of drug-likeness (QED) is 0.493. The maximum atomic E-state index is 6.47. The van der Waals surface area contributed by atoms with Gasteiger partial charge in [-0.25, -0.2) is 4.99 Å². The number of hydrogen-bond donors (Lipinski definition) is 0. The number of aliphatic imine (C=N–C) groups is 1. The Labute approximate surface area is 181 Å². The van der Waals surface area contributed by atoms with Crippen molar-refractivity contribution < 1.29 is 4.74 Å². The number of hydrogen-bond acceptors (Lipinski definition) is 2. The second kappa shape index (κ2) is 8.74. The molecule has 0 amide bonds. The van der Waals surface area contributed by atoms with Crippen LogP contribution in [0.15, 0.2) is 89.9 Å². The van der Waals surface area contributed by atoms with Gasteiger partial charge in [0.25, 0.3) is 0 Å². The average Bonchev–Trinajstić information content (AvgIpc) is 3.03. The summed E-state index contributed by atoms with van der Waals surface area (Å²) in [5.41, 5.74) is 0.838. The van der Waals surface area contributed by atoms with Crippen molar-refractivity contribution >= 4 is 29.7 Å². The molecule has 0 saturated heterocycles. The molecule has 0 aliphatic carbocycles. The highest BCUT2D eigenvalue weighted by Crippen LogP contribution is 2.37. The summed E-state index contributed by atoms with van der Waals surface area (Å²) in [5.74, 6) is 1.38. The monoisotopic (exact) mass is 415 g/mol. The van der Waals surface area contributed by atoms with Gasteiger partial charge in [0.15, 0.2) is 0 Å². The van der Waals surface area contributed by atoms with Crippen molar-refractivity contribution in [1.29, 1.82) is 0 Å². The standard InChI is InChI=1S/C27H30NOP/c1-20(2)19-25-27(3,4)29-26(28-25)23-17-11-12-18-24(23)30(21-13-7-5-8-14-21)22-15-9-6-10-16-22/h5-18,20,25H,19H2,1-4H3/t25-/m0/s1. The Balaban J connectivity index is 1.82. The number of ether oxygens (including phenoxy) is 1. The SMILES string of the molecule is CC(C)C[C@@H]1N=C(c2ccccc2P(c2ccccc2)c2ccccc2)OC1(C)C. The van der Waals surface area contributed by atoms with Crippen LogP contribution in [-0.4, -0.2) is 17.5 Å². The molecule has 0 unspecified atom stereocenters. The van der Waals surface area contributed by atoms with Crippen molar-refractivity contribution in [2.24, 2.45) is 10.9 Å². The third-order valence-electron chi connectivity index (χ3n) is 5.53. The van der Waals surface area contributed by atoms with Crippen molar-refractivity contribution in [3.05, 3.63) is 90.5 Å². The number of benzene rings is 3. The fraction of sp³-hybridized carbons (Fsp3) is 0.296. The molecule has 1 aliphatic heterocycles.